The molecule has 6 nitrogen and oxygen atoms in total. The molecule has 0 bridgehead atoms. The van der Waals surface area contributed by atoms with E-state index in [4.69, 9.17) is 25.8 Å². The van der Waals surface area contributed by atoms with Gasteiger partial charge in [-0.1, -0.05) is 31.4 Å². The molecule has 0 radical (unpaired) electrons. The van der Waals surface area contributed by atoms with Crippen LogP contribution in [-0.2, 0) is 14.3 Å². The normalized spacial score (nSPS) is 20.5. The lowest BCUT2D eigenvalue weighted by Gasteiger charge is -2.30. The number of esters is 1. The van der Waals surface area contributed by atoms with Gasteiger partial charge in [0, 0.05) is 12.1 Å². The summed E-state index contributed by atoms with van der Waals surface area (Å²) in [5, 5.41) is 3.36. The van der Waals surface area contributed by atoms with E-state index in [-0.39, 0.29) is 11.9 Å². The number of rotatable bonds is 7. The summed E-state index contributed by atoms with van der Waals surface area (Å²) in [5.41, 5.74) is 0.646. The number of hydrogen-bond acceptors (Lipinski definition) is 5. The molecule has 1 N–H and O–H groups in total. The van der Waals surface area contributed by atoms with E-state index in [1.165, 1.54) is 26.7 Å². The zero-order valence-corrected chi connectivity index (χ0v) is 17.5. The van der Waals surface area contributed by atoms with Gasteiger partial charge in [0.25, 0.3) is 5.91 Å². The minimum Gasteiger partial charge on any atom is -0.493 e. The standard InChI is InChI=1S/C21H28ClNO5/c1-13-7-5-6-8-17(13)23-21(25)14(2)28-19(24)10-9-15-11-16(22)20(27-4)18(12-15)26-3/h9-14,17H,5-8H2,1-4H3,(H,23,25)/b10-9+/t13-,14+,17+/m0/s1. The van der Waals surface area contributed by atoms with E-state index in [0.717, 1.165) is 19.3 Å². The van der Waals surface area contributed by atoms with Crippen molar-refractivity contribution in [3.8, 4) is 11.5 Å². The summed E-state index contributed by atoms with van der Waals surface area (Å²) in [5.74, 6) is 0.443. The van der Waals surface area contributed by atoms with Gasteiger partial charge in [-0.3, -0.25) is 4.79 Å². The summed E-state index contributed by atoms with van der Waals surface area (Å²) in [6.45, 7) is 3.71. The lowest BCUT2D eigenvalue weighted by atomic mass is 9.86. The molecule has 0 saturated heterocycles. The van der Waals surface area contributed by atoms with E-state index in [0.29, 0.717) is 28.0 Å². The molecule has 1 amide bonds. The molecule has 1 aliphatic carbocycles. The van der Waals surface area contributed by atoms with Gasteiger partial charge in [0.15, 0.2) is 17.6 Å². The number of benzene rings is 1. The minimum absolute atomic E-state index is 0.145. The molecule has 1 aromatic rings. The molecule has 154 valence electrons. The molecule has 3 atom stereocenters. The maximum absolute atomic E-state index is 12.3. The maximum atomic E-state index is 12.3. The third kappa shape index (κ3) is 5.89. The largest absolute Gasteiger partial charge is 0.493 e. The summed E-state index contributed by atoms with van der Waals surface area (Å²) in [6, 6.07) is 3.48. The van der Waals surface area contributed by atoms with Crippen molar-refractivity contribution in [2.24, 2.45) is 5.92 Å². The van der Waals surface area contributed by atoms with Crippen LogP contribution in [0.3, 0.4) is 0 Å². The summed E-state index contributed by atoms with van der Waals surface area (Å²) >= 11 is 6.15. The van der Waals surface area contributed by atoms with Crippen LogP contribution in [0.2, 0.25) is 5.02 Å². The maximum Gasteiger partial charge on any atom is 0.331 e. The Morgan fingerprint density at radius 1 is 1.21 bits per heavy atom. The smallest absolute Gasteiger partial charge is 0.331 e. The molecule has 0 aliphatic heterocycles. The first-order valence-corrected chi connectivity index (χ1v) is 9.84. The third-order valence-electron chi connectivity index (χ3n) is 4.97. The van der Waals surface area contributed by atoms with Gasteiger partial charge in [0.05, 0.1) is 19.2 Å². The Kier molecular flexibility index (Phi) is 8.18. The highest BCUT2D eigenvalue weighted by molar-refractivity contribution is 6.32. The quantitative estimate of drug-likeness (QED) is 0.544. The zero-order chi connectivity index (χ0) is 20.7. The number of carbonyl (C=O) groups excluding carboxylic acids is 2. The zero-order valence-electron chi connectivity index (χ0n) is 16.8. The van der Waals surface area contributed by atoms with Crippen LogP contribution in [0, 0.1) is 5.92 Å². The van der Waals surface area contributed by atoms with Gasteiger partial charge in [0.1, 0.15) is 0 Å². The molecule has 1 aromatic carbocycles. The van der Waals surface area contributed by atoms with Crippen molar-refractivity contribution in [1.82, 2.24) is 5.32 Å². The lowest BCUT2D eigenvalue weighted by molar-refractivity contribution is -0.150. The molecule has 7 heteroatoms. The molecular formula is C21H28ClNO5. The van der Waals surface area contributed by atoms with Crippen molar-refractivity contribution in [3.63, 3.8) is 0 Å². The lowest BCUT2D eigenvalue weighted by Crippen LogP contribution is -2.45. The first-order chi connectivity index (χ1) is 13.3. The van der Waals surface area contributed by atoms with Crippen molar-refractivity contribution in [3.05, 3.63) is 28.8 Å². The van der Waals surface area contributed by atoms with Crippen molar-refractivity contribution in [1.29, 1.82) is 0 Å². The van der Waals surface area contributed by atoms with Gasteiger partial charge in [-0.15, -0.1) is 0 Å². The van der Waals surface area contributed by atoms with Crippen LogP contribution in [0.5, 0.6) is 11.5 Å². The molecular weight excluding hydrogens is 382 g/mol. The number of halogens is 1. The Morgan fingerprint density at radius 3 is 2.57 bits per heavy atom. The first kappa shape index (κ1) is 22.1. The molecule has 0 aromatic heterocycles. The van der Waals surface area contributed by atoms with Gasteiger partial charge in [0.2, 0.25) is 0 Å². The van der Waals surface area contributed by atoms with Crippen LogP contribution in [0.25, 0.3) is 6.08 Å². The Labute approximate surface area is 171 Å². The van der Waals surface area contributed by atoms with Gasteiger partial charge in [-0.05, 0) is 49.5 Å². The van der Waals surface area contributed by atoms with Crippen LogP contribution in [0.15, 0.2) is 18.2 Å². The topological polar surface area (TPSA) is 73.9 Å². The van der Waals surface area contributed by atoms with E-state index >= 15 is 0 Å². The number of carbonyl (C=O) groups is 2. The van der Waals surface area contributed by atoms with E-state index < -0.39 is 12.1 Å². The average molecular weight is 410 g/mol. The fourth-order valence-electron chi connectivity index (χ4n) is 3.30. The SMILES string of the molecule is COc1cc(/C=C/C(=O)O[C@H](C)C(=O)N[C@@H]2CCCC[C@@H]2C)cc(Cl)c1OC. The summed E-state index contributed by atoms with van der Waals surface area (Å²) in [4.78, 5) is 24.4. The molecule has 1 fully saturated rings. The first-order valence-electron chi connectivity index (χ1n) is 9.46. The van der Waals surface area contributed by atoms with Crippen molar-refractivity contribution < 1.29 is 23.8 Å². The van der Waals surface area contributed by atoms with Gasteiger partial charge in [-0.2, -0.15) is 0 Å². The van der Waals surface area contributed by atoms with Crippen LogP contribution in [0.1, 0.15) is 45.1 Å². The molecule has 0 unspecified atom stereocenters. The van der Waals surface area contributed by atoms with E-state index in [1.807, 2.05) is 0 Å². The summed E-state index contributed by atoms with van der Waals surface area (Å²) in [6.07, 6.45) is 6.32. The number of nitrogens with one attached hydrogen (secondary N) is 1. The number of ether oxygens (including phenoxy) is 3. The Balaban J connectivity index is 1.93. The predicted molar refractivity (Wildman–Crippen MR) is 109 cm³/mol. The monoisotopic (exact) mass is 409 g/mol. The van der Waals surface area contributed by atoms with Crippen LogP contribution < -0.4 is 14.8 Å². The number of methoxy groups -OCH3 is 2. The van der Waals surface area contributed by atoms with Gasteiger partial charge >= 0.3 is 5.97 Å². The second kappa shape index (κ2) is 10.4. The highest BCUT2D eigenvalue weighted by atomic mass is 35.5. The van der Waals surface area contributed by atoms with Crippen LogP contribution in [-0.4, -0.2) is 38.2 Å². The molecule has 1 saturated carbocycles. The number of amides is 1. The Bertz CT molecular complexity index is 734. The Morgan fingerprint density at radius 2 is 1.93 bits per heavy atom. The van der Waals surface area contributed by atoms with Crippen molar-refractivity contribution in [2.45, 2.75) is 51.7 Å². The summed E-state index contributed by atoms with van der Waals surface area (Å²) in [7, 11) is 3.00. The number of hydrogen-bond donors (Lipinski definition) is 1. The van der Waals surface area contributed by atoms with Crippen LogP contribution >= 0.6 is 11.6 Å². The highest BCUT2D eigenvalue weighted by Crippen LogP contribution is 2.36. The van der Waals surface area contributed by atoms with Gasteiger partial charge in [-0.25, -0.2) is 4.79 Å². The fourth-order valence-corrected chi connectivity index (χ4v) is 3.59. The molecule has 28 heavy (non-hydrogen) atoms. The molecule has 1 aliphatic rings. The highest BCUT2D eigenvalue weighted by Gasteiger charge is 2.26. The second-order valence-electron chi connectivity index (χ2n) is 7.03. The fraction of sp³-hybridized carbons (Fsp3) is 0.524. The van der Waals surface area contributed by atoms with Crippen LogP contribution in [0.4, 0.5) is 0 Å². The van der Waals surface area contributed by atoms with E-state index in [1.54, 1.807) is 25.1 Å². The van der Waals surface area contributed by atoms with E-state index in [2.05, 4.69) is 12.2 Å². The predicted octanol–water partition coefficient (Wildman–Crippen LogP) is 4.00. The molecule has 0 heterocycles. The molecule has 0 spiro atoms. The Hall–Kier alpha value is -2.21. The second-order valence-corrected chi connectivity index (χ2v) is 7.43. The van der Waals surface area contributed by atoms with Crippen molar-refractivity contribution >= 4 is 29.6 Å². The van der Waals surface area contributed by atoms with E-state index in [9.17, 15) is 9.59 Å². The summed E-state index contributed by atoms with van der Waals surface area (Å²) < 4.78 is 15.6. The minimum atomic E-state index is -0.861. The third-order valence-corrected chi connectivity index (χ3v) is 5.25. The van der Waals surface area contributed by atoms with Gasteiger partial charge < -0.3 is 19.5 Å². The molecule has 2 rings (SSSR count). The average Bonchev–Trinajstić information content (AvgIpc) is 2.67. The van der Waals surface area contributed by atoms with Crippen molar-refractivity contribution in [2.75, 3.05) is 14.2 Å².